The molecule has 1 fully saturated rings. The van der Waals surface area contributed by atoms with Crippen LogP contribution in [0.15, 0.2) is 18.2 Å². The molecule has 1 aliphatic heterocycles. The molecule has 1 unspecified atom stereocenters. The molecule has 0 spiro atoms. The van der Waals surface area contributed by atoms with E-state index >= 15 is 0 Å². The minimum Gasteiger partial charge on any atom is -0.371 e. The molecule has 0 aromatic heterocycles. The number of nitrogens with one attached hydrogen (secondary N) is 1. The van der Waals surface area contributed by atoms with Crippen molar-refractivity contribution in [1.82, 2.24) is 5.32 Å². The molecule has 1 saturated heterocycles. The van der Waals surface area contributed by atoms with E-state index in [1.807, 2.05) is 6.07 Å². The Hall–Kier alpha value is -1.44. The van der Waals surface area contributed by atoms with Gasteiger partial charge in [0.05, 0.1) is 18.3 Å². The maximum atomic E-state index is 13.3. The van der Waals surface area contributed by atoms with E-state index in [2.05, 4.69) is 5.32 Å². The van der Waals surface area contributed by atoms with Gasteiger partial charge < -0.3 is 10.1 Å². The number of hydrogen-bond acceptors (Lipinski definition) is 3. The Morgan fingerprint density at radius 2 is 2.40 bits per heavy atom. The van der Waals surface area contributed by atoms with E-state index in [9.17, 15) is 4.39 Å². The van der Waals surface area contributed by atoms with Crippen molar-refractivity contribution in [2.24, 2.45) is 0 Å². The van der Waals surface area contributed by atoms with Crippen molar-refractivity contribution in [2.45, 2.75) is 6.10 Å². The molecule has 1 aliphatic rings. The lowest BCUT2D eigenvalue weighted by Gasteiger charge is -2.24. The topological polar surface area (TPSA) is 45.0 Å². The van der Waals surface area contributed by atoms with E-state index in [0.717, 1.165) is 6.54 Å². The van der Waals surface area contributed by atoms with E-state index in [-0.39, 0.29) is 11.7 Å². The fourth-order valence-corrected chi connectivity index (χ4v) is 1.69. The van der Waals surface area contributed by atoms with Gasteiger partial charge in [-0.1, -0.05) is 12.1 Å². The normalized spacial score (nSPS) is 20.9. The molecule has 2 rings (SSSR count). The number of halogens is 1. The summed E-state index contributed by atoms with van der Waals surface area (Å²) in [5, 5.41) is 12.0. The van der Waals surface area contributed by atoms with Gasteiger partial charge >= 0.3 is 0 Å². The number of nitriles is 1. The van der Waals surface area contributed by atoms with E-state index in [1.54, 1.807) is 12.1 Å². The van der Waals surface area contributed by atoms with Gasteiger partial charge in [-0.15, -0.1) is 0 Å². The molecule has 3 nitrogen and oxygen atoms in total. The first-order chi connectivity index (χ1) is 7.33. The average molecular weight is 206 g/mol. The molecule has 15 heavy (non-hydrogen) atoms. The highest BCUT2D eigenvalue weighted by molar-refractivity contribution is 5.40. The molecular weight excluding hydrogens is 195 g/mol. The Balaban J connectivity index is 2.34. The highest BCUT2D eigenvalue weighted by Gasteiger charge is 2.20. The van der Waals surface area contributed by atoms with Crippen LogP contribution in [-0.4, -0.2) is 19.7 Å². The van der Waals surface area contributed by atoms with Crippen LogP contribution in [0.3, 0.4) is 0 Å². The summed E-state index contributed by atoms with van der Waals surface area (Å²) in [7, 11) is 0. The third-order valence-corrected chi connectivity index (χ3v) is 2.43. The minimum absolute atomic E-state index is 0.0891. The van der Waals surface area contributed by atoms with E-state index < -0.39 is 5.82 Å². The standard InChI is InChI=1S/C11H11FN2O/c12-10-3-1-2-8(9(10)6-13)11-7-14-4-5-15-11/h1-3,11,14H,4-5,7H2. The van der Waals surface area contributed by atoms with Crippen LogP contribution in [0.2, 0.25) is 0 Å². The van der Waals surface area contributed by atoms with Crippen molar-refractivity contribution in [3.05, 3.63) is 35.1 Å². The lowest BCUT2D eigenvalue weighted by molar-refractivity contribution is 0.0273. The second-order valence-electron chi connectivity index (χ2n) is 3.38. The molecule has 0 amide bonds. The molecule has 0 bridgehead atoms. The molecule has 1 heterocycles. The van der Waals surface area contributed by atoms with E-state index in [1.165, 1.54) is 6.07 Å². The number of morpholine rings is 1. The van der Waals surface area contributed by atoms with Crippen molar-refractivity contribution < 1.29 is 9.13 Å². The molecule has 0 saturated carbocycles. The second kappa shape index (κ2) is 4.39. The van der Waals surface area contributed by atoms with Crippen LogP contribution in [0.1, 0.15) is 17.2 Å². The Labute approximate surface area is 87.5 Å². The maximum Gasteiger partial charge on any atom is 0.141 e. The fourth-order valence-electron chi connectivity index (χ4n) is 1.69. The van der Waals surface area contributed by atoms with Gasteiger partial charge in [0, 0.05) is 18.7 Å². The van der Waals surface area contributed by atoms with Crippen molar-refractivity contribution in [1.29, 1.82) is 5.26 Å². The van der Waals surface area contributed by atoms with Crippen molar-refractivity contribution in [2.75, 3.05) is 19.7 Å². The Morgan fingerprint density at radius 1 is 1.53 bits per heavy atom. The zero-order chi connectivity index (χ0) is 10.7. The molecule has 1 N–H and O–H groups in total. The van der Waals surface area contributed by atoms with Gasteiger partial charge in [0.2, 0.25) is 0 Å². The summed E-state index contributed by atoms with van der Waals surface area (Å²) in [6.45, 7) is 2.01. The quantitative estimate of drug-likeness (QED) is 0.754. The third-order valence-electron chi connectivity index (χ3n) is 2.43. The number of benzene rings is 1. The molecule has 4 heteroatoms. The summed E-state index contributed by atoms with van der Waals surface area (Å²) in [5.74, 6) is -0.482. The monoisotopic (exact) mass is 206 g/mol. The van der Waals surface area contributed by atoms with Crippen molar-refractivity contribution >= 4 is 0 Å². The maximum absolute atomic E-state index is 13.3. The van der Waals surface area contributed by atoms with E-state index in [0.29, 0.717) is 18.7 Å². The molecule has 78 valence electrons. The highest BCUT2D eigenvalue weighted by Crippen LogP contribution is 2.23. The summed E-state index contributed by atoms with van der Waals surface area (Å²) in [6.07, 6.45) is -0.218. The molecule has 1 atom stereocenters. The predicted molar refractivity (Wildman–Crippen MR) is 52.7 cm³/mol. The zero-order valence-corrected chi connectivity index (χ0v) is 8.16. The number of nitrogens with zero attached hydrogens (tertiary/aromatic N) is 1. The van der Waals surface area contributed by atoms with Crippen LogP contribution < -0.4 is 5.32 Å². The number of hydrogen-bond donors (Lipinski definition) is 1. The Morgan fingerprint density at radius 3 is 3.07 bits per heavy atom. The smallest absolute Gasteiger partial charge is 0.141 e. The van der Waals surface area contributed by atoms with Crippen molar-refractivity contribution in [3.63, 3.8) is 0 Å². The lowest BCUT2D eigenvalue weighted by atomic mass is 10.0. The zero-order valence-electron chi connectivity index (χ0n) is 8.16. The number of ether oxygens (including phenoxy) is 1. The van der Waals surface area contributed by atoms with Crippen LogP contribution >= 0.6 is 0 Å². The first kappa shape index (κ1) is 10.1. The molecule has 0 aliphatic carbocycles. The average Bonchev–Trinajstić information content (AvgIpc) is 2.30. The fraction of sp³-hybridized carbons (Fsp3) is 0.364. The first-order valence-corrected chi connectivity index (χ1v) is 4.84. The summed E-state index contributed by atoms with van der Waals surface area (Å²) < 4.78 is 18.8. The van der Waals surface area contributed by atoms with Crippen LogP contribution in [0, 0.1) is 17.1 Å². The molecule has 1 aromatic rings. The van der Waals surface area contributed by atoms with Gasteiger partial charge in [0.25, 0.3) is 0 Å². The summed E-state index contributed by atoms with van der Waals surface area (Å²) in [5.41, 5.74) is 0.718. The number of rotatable bonds is 1. The van der Waals surface area contributed by atoms with Crippen LogP contribution in [0.25, 0.3) is 0 Å². The van der Waals surface area contributed by atoms with E-state index in [4.69, 9.17) is 10.00 Å². The van der Waals surface area contributed by atoms with Gasteiger partial charge in [-0.25, -0.2) is 4.39 Å². The van der Waals surface area contributed by atoms with Gasteiger partial charge in [-0.05, 0) is 6.07 Å². The minimum atomic E-state index is -0.482. The Bertz CT molecular complexity index is 394. The predicted octanol–water partition coefficient (Wildman–Crippen LogP) is 1.36. The first-order valence-electron chi connectivity index (χ1n) is 4.84. The molecule has 1 aromatic carbocycles. The lowest BCUT2D eigenvalue weighted by Crippen LogP contribution is -2.33. The molecular formula is C11H11FN2O. The SMILES string of the molecule is N#Cc1c(F)cccc1C1CNCCO1. The molecule has 0 radical (unpaired) electrons. The van der Waals surface area contributed by atoms with Gasteiger partial charge in [-0.3, -0.25) is 0 Å². The third kappa shape index (κ3) is 1.99. The van der Waals surface area contributed by atoms with Crippen LogP contribution in [0.5, 0.6) is 0 Å². The summed E-state index contributed by atoms with van der Waals surface area (Å²) in [6, 6.07) is 6.50. The summed E-state index contributed by atoms with van der Waals surface area (Å²) in [4.78, 5) is 0. The van der Waals surface area contributed by atoms with Crippen LogP contribution in [-0.2, 0) is 4.74 Å². The van der Waals surface area contributed by atoms with Gasteiger partial charge in [0.15, 0.2) is 0 Å². The van der Waals surface area contributed by atoms with Crippen molar-refractivity contribution in [3.8, 4) is 6.07 Å². The van der Waals surface area contributed by atoms with Crippen LogP contribution in [0.4, 0.5) is 4.39 Å². The van der Waals surface area contributed by atoms with Gasteiger partial charge in [0.1, 0.15) is 11.9 Å². The Kier molecular flexibility index (Phi) is 2.95. The highest BCUT2D eigenvalue weighted by atomic mass is 19.1. The van der Waals surface area contributed by atoms with Gasteiger partial charge in [-0.2, -0.15) is 5.26 Å². The second-order valence-corrected chi connectivity index (χ2v) is 3.38. The summed E-state index contributed by atoms with van der Waals surface area (Å²) >= 11 is 0. The largest absolute Gasteiger partial charge is 0.371 e.